The fraction of sp³-hybridized carbons (Fsp3) is 0.917. The van der Waals surface area contributed by atoms with Gasteiger partial charge in [-0.2, -0.15) is 11.8 Å². The maximum absolute atomic E-state index is 5.81. The molecule has 2 fully saturated rings. The van der Waals surface area contributed by atoms with Crippen LogP contribution < -0.4 is 0 Å². The zero-order valence-electron chi connectivity index (χ0n) is 20.6. The van der Waals surface area contributed by atoms with Gasteiger partial charge < -0.3 is 9.80 Å². The topological polar surface area (TPSA) is 6.48 Å². The first-order valence-corrected chi connectivity index (χ1v) is 19.6. The van der Waals surface area contributed by atoms with Crippen molar-refractivity contribution in [2.75, 3.05) is 36.1 Å². The van der Waals surface area contributed by atoms with E-state index in [1.165, 1.54) is 100 Å². The molecule has 0 spiro atoms. The molecule has 0 N–H and O–H groups in total. The Morgan fingerprint density at radius 1 is 0.636 bits per heavy atom. The zero-order valence-corrected chi connectivity index (χ0v) is 26.4. The van der Waals surface area contributed by atoms with Gasteiger partial charge in [0.15, 0.2) is 0 Å². The molecular formula is C24H44N2S7. The summed E-state index contributed by atoms with van der Waals surface area (Å²) in [5.41, 5.74) is 0. The molecule has 0 aromatic rings. The summed E-state index contributed by atoms with van der Waals surface area (Å²) in [6.07, 6.45) is 16.0. The van der Waals surface area contributed by atoms with Crippen LogP contribution in [0.4, 0.5) is 0 Å². The zero-order chi connectivity index (χ0) is 23.7. The first-order valence-electron chi connectivity index (χ1n) is 12.9. The molecule has 2 nitrogen and oxygen atoms in total. The molecule has 0 aromatic heterocycles. The minimum atomic E-state index is 0.695. The Morgan fingerprint density at radius 2 is 1.03 bits per heavy atom. The molecule has 0 radical (unpaired) electrons. The molecule has 0 aromatic carbocycles. The summed E-state index contributed by atoms with van der Waals surface area (Å²) in [4.78, 5) is 5.07. The van der Waals surface area contributed by atoms with Crippen molar-refractivity contribution in [3.8, 4) is 0 Å². The molecule has 0 unspecified atom stereocenters. The molecule has 0 atom stereocenters. The Balaban J connectivity index is 1.51. The van der Waals surface area contributed by atoms with Gasteiger partial charge in [-0.1, -0.05) is 98.4 Å². The van der Waals surface area contributed by atoms with Gasteiger partial charge >= 0.3 is 0 Å². The second-order valence-electron chi connectivity index (χ2n) is 8.93. The Hall–Kier alpha value is 1.53. The van der Waals surface area contributed by atoms with Crippen LogP contribution >= 0.6 is 79.4 Å². The third kappa shape index (κ3) is 12.6. The lowest BCUT2D eigenvalue weighted by molar-refractivity contribution is 0.251. The van der Waals surface area contributed by atoms with Crippen molar-refractivity contribution in [1.82, 2.24) is 9.80 Å². The molecule has 0 bridgehead atoms. The number of thiocarbonyl (C=S) groups is 2. The molecule has 2 rings (SSSR count). The predicted molar refractivity (Wildman–Crippen MR) is 170 cm³/mol. The minimum Gasteiger partial charge on any atom is -0.354 e. The third-order valence-corrected chi connectivity index (χ3v) is 13.8. The average molecular weight is 585 g/mol. The molecule has 2 aliphatic carbocycles. The standard InChI is InChI=1S/C24H44N2S7/c1-3-15-25(21-11-7-5-8-12-21)23(27)32-30-19-17-29-18-20-31-33-24(28)26(16-4-2)22-13-9-6-10-14-22/h21-22H,3-20H2,1-2H3. The summed E-state index contributed by atoms with van der Waals surface area (Å²) >= 11 is 13.7. The van der Waals surface area contributed by atoms with Crippen molar-refractivity contribution in [2.45, 2.75) is 103 Å². The molecule has 9 heteroatoms. The lowest BCUT2D eigenvalue weighted by Gasteiger charge is -2.35. The van der Waals surface area contributed by atoms with E-state index in [1.807, 2.05) is 43.2 Å². The van der Waals surface area contributed by atoms with Gasteiger partial charge in [0.25, 0.3) is 0 Å². The van der Waals surface area contributed by atoms with E-state index < -0.39 is 0 Å². The summed E-state index contributed by atoms with van der Waals surface area (Å²) in [5, 5.41) is 0. The molecule has 2 aliphatic rings. The number of hydrogen-bond acceptors (Lipinski definition) is 7. The van der Waals surface area contributed by atoms with Crippen LogP contribution in [0.15, 0.2) is 0 Å². The maximum Gasteiger partial charge on any atom is 0.147 e. The van der Waals surface area contributed by atoms with Gasteiger partial charge in [-0.05, 0) is 60.1 Å². The highest BCUT2D eigenvalue weighted by Crippen LogP contribution is 2.33. The summed E-state index contributed by atoms with van der Waals surface area (Å²) < 4.78 is 2.24. The van der Waals surface area contributed by atoms with Gasteiger partial charge in [-0.15, -0.1) is 0 Å². The molecule has 0 aliphatic heterocycles. The van der Waals surface area contributed by atoms with Gasteiger partial charge in [0.2, 0.25) is 0 Å². The summed E-state index contributed by atoms with van der Waals surface area (Å²) in [5.74, 6) is 4.75. The van der Waals surface area contributed by atoms with Gasteiger partial charge in [0.05, 0.1) is 0 Å². The van der Waals surface area contributed by atoms with Crippen LogP contribution in [0, 0.1) is 0 Å². The second-order valence-corrected chi connectivity index (χ2v) is 16.2. The fourth-order valence-corrected chi connectivity index (χ4v) is 11.7. The first-order chi connectivity index (χ1) is 16.2. The highest BCUT2D eigenvalue weighted by Gasteiger charge is 2.24. The Labute approximate surface area is 235 Å². The van der Waals surface area contributed by atoms with Crippen LogP contribution in [-0.2, 0) is 0 Å². The summed E-state index contributed by atoms with van der Waals surface area (Å²) in [7, 11) is 7.57. The van der Waals surface area contributed by atoms with E-state index in [0.29, 0.717) is 12.1 Å². The van der Waals surface area contributed by atoms with Crippen molar-refractivity contribution in [3.05, 3.63) is 0 Å². The van der Waals surface area contributed by atoms with Crippen LogP contribution in [0.1, 0.15) is 90.9 Å². The van der Waals surface area contributed by atoms with Crippen molar-refractivity contribution in [2.24, 2.45) is 0 Å². The van der Waals surface area contributed by atoms with Crippen molar-refractivity contribution in [3.63, 3.8) is 0 Å². The first kappa shape index (κ1) is 30.8. The molecule has 0 amide bonds. The van der Waals surface area contributed by atoms with E-state index in [1.54, 1.807) is 0 Å². The van der Waals surface area contributed by atoms with Crippen LogP contribution in [0.25, 0.3) is 0 Å². The van der Waals surface area contributed by atoms with Gasteiger partial charge in [-0.25, -0.2) is 0 Å². The quantitative estimate of drug-likeness (QED) is 0.111. The summed E-state index contributed by atoms with van der Waals surface area (Å²) in [6.45, 7) is 6.79. The molecule has 192 valence electrons. The third-order valence-electron chi connectivity index (χ3n) is 6.31. The lowest BCUT2D eigenvalue weighted by atomic mass is 9.94. The Kier molecular flexibility index (Phi) is 18.3. The SMILES string of the molecule is CCCN(C(=S)SSCCSCCSSC(=S)N(CCC)C1CCCCC1)C1CCCCC1. The minimum absolute atomic E-state index is 0.695. The van der Waals surface area contributed by atoms with Gasteiger partial charge in [-0.3, -0.25) is 0 Å². The molecule has 0 heterocycles. The lowest BCUT2D eigenvalue weighted by Crippen LogP contribution is -2.39. The van der Waals surface area contributed by atoms with Crippen molar-refractivity contribution in [1.29, 1.82) is 0 Å². The molecular weight excluding hydrogens is 541 g/mol. The Bertz CT molecular complexity index is 491. The van der Waals surface area contributed by atoms with Crippen LogP contribution in [0.3, 0.4) is 0 Å². The van der Waals surface area contributed by atoms with Crippen LogP contribution in [0.2, 0.25) is 0 Å². The van der Waals surface area contributed by atoms with E-state index in [-0.39, 0.29) is 0 Å². The van der Waals surface area contributed by atoms with E-state index in [9.17, 15) is 0 Å². The number of rotatable bonds is 14. The highest BCUT2D eigenvalue weighted by molar-refractivity contribution is 8.84. The fourth-order valence-electron chi connectivity index (χ4n) is 4.68. The van der Waals surface area contributed by atoms with Gasteiger partial charge in [0, 0.05) is 48.2 Å². The maximum atomic E-state index is 5.81. The number of nitrogens with zero attached hydrogens (tertiary/aromatic N) is 2. The smallest absolute Gasteiger partial charge is 0.147 e. The average Bonchev–Trinajstić information content (AvgIpc) is 2.85. The normalized spacial score (nSPS) is 17.8. The molecule has 2 saturated carbocycles. The number of thioether (sulfide) groups is 1. The van der Waals surface area contributed by atoms with E-state index in [4.69, 9.17) is 24.4 Å². The molecule has 0 saturated heterocycles. The largest absolute Gasteiger partial charge is 0.354 e. The number of hydrogen-bond donors (Lipinski definition) is 0. The van der Waals surface area contributed by atoms with E-state index in [2.05, 4.69) is 35.4 Å². The highest BCUT2D eigenvalue weighted by atomic mass is 33.1. The van der Waals surface area contributed by atoms with Crippen LogP contribution in [-0.4, -0.2) is 66.6 Å². The van der Waals surface area contributed by atoms with Crippen LogP contribution in [0.5, 0.6) is 0 Å². The van der Waals surface area contributed by atoms with E-state index in [0.717, 1.165) is 21.7 Å². The van der Waals surface area contributed by atoms with Crippen molar-refractivity contribution >= 4 is 88.0 Å². The monoisotopic (exact) mass is 584 g/mol. The Morgan fingerprint density at radius 3 is 1.39 bits per heavy atom. The predicted octanol–water partition coefficient (Wildman–Crippen LogP) is 9.14. The van der Waals surface area contributed by atoms with E-state index >= 15 is 0 Å². The van der Waals surface area contributed by atoms with Gasteiger partial charge in [0.1, 0.15) is 8.64 Å². The summed E-state index contributed by atoms with van der Waals surface area (Å²) in [6, 6.07) is 1.39. The van der Waals surface area contributed by atoms with Crippen molar-refractivity contribution < 1.29 is 0 Å². The molecule has 33 heavy (non-hydrogen) atoms. The second kappa shape index (κ2) is 19.6.